The largest absolute Gasteiger partial charge is 0.495 e. The van der Waals surface area contributed by atoms with Crippen molar-refractivity contribution in [3.05, 3.63) is 82.9 Å². The predicted octanol–water partition coefficient (Wildman–Crippen LogP) is 5.45. The van der Waals surface area contributed by atoms with E-state index in [1.807, 2.05) is 24.0 Å². The van der Waals surface area contributed by atoms with Crippen molar-refractivity contribution in [2.45, 2.75) is 39.2 Å². The second-order valence-electron chi connectivity index (χ2n) is 8.82. The summed E-state index contributed by atoms with van der Waals surface area (Å²) in [6.45, 7) is 6.04. The van der Waals surface area contributed by atoms with Crippen molar-refractivity contribution in [1.82, 2.24) is 14.5 Å². The Morgan fingerprint density at radius 3 is 2.70 bits per heavy atom. The summed E-state index contributed by atoms with van der Waals surface area (Å²) in [7, 11) is 1.70. The highest BCUT2D eigenvalue weighted by atomic mass is 16.6. The van der Waals surface area contributed by atoms with Crippen LogP contribution in [0.25, 0.3) is 11.8 Å². The van der Waals surface area contributed by atoms with Crippen LogP contribution < -0.4 is 4.74 Å². The molecule has 0 saturated carbocycles. The van der Waals surface area contributed by atoms with Gasteiger partial charge in [-0.15, -0.1) is 0 Å². The van der Waals surface area contributed by atoms with Crippen molar-refractivity contribution in [2.75, 3.05) is 20.2 Å². The quantitative estimate of drug-likeness (QED) is 0.539. The number of hydrogen-bond acceptors (Lipinski definition) is 5. The maximum Gasteiger partial charge on any atom is 0.171 e. The predicted molar refractivity (Wildman–Crippen MR) is 131 cm³/mol. The van der Waals surface area contributed by atoms with Crippen LogP contribution in [0.3, 0.4) is 0 Å². The summed E-state index contributed by atoms with van der Waals surface area (Å²) in [4.78, 5) is 12.8. The number of fused-ring (bicyclic) bond motifs is 1. The lowest BCUT2D eigenvalue weighted by Gasteiger charge is -2.29. The fourth-order valence-electron chi connectivity index (χ4n) is 4.55. The van der Waals surface area contributed by atoms with Gasteiger partial charge < -0.3 is 19.0 Å². The minimum atomic E-state index is -0.0111. The van der Waals surface area contributed by atoms with Gasteiger partial charge in [-0.25, -0.2) is 4.98 Å². The Labute approximate surface area is 195 Å². The second-order valence-corrected chi connectivity index (χ2v) is 8.82. The molecule has 1 atom stereocenters. The number of benzene rings is 2. The smallest absolute Gasteiger partial charge is 0.171 e. The van der Waals surface area contributed by atoms with E-state index in [0.717, 1.165) is 60.9 Å². The summed E-state index contributed by atoms with van der Waals surface area (Å²) < 4.78 is 7.68. The highest BCUT2D eigenvalue weighted by Crippen LogP contribution is 2.31. The molecule has 0 aliphatic carbocycles. The van der Waals surface area contributed by atoms with Crippen molar-refractivity contribution >= 4 is 11.9 Å². The van der Waals surface area contributed by atoms with Gasteiger partial charge >= 0.3 is 0 Å². The molecule has 6 heteroatoms. The molecule has 1 fully saturated rings. The number of rotatable bonds is 4. The van der Waals surface area contributed by atoms with E-state index >= 15 is 0 Å². The first-order valence-corrected chi connectivity index (χ1v) is 11.6. The van der Waals surface area contributed by atoms with E-state index in [-0.39, 0.29) is 6.10 Å². The first-order chi connectivity index (χ1) is 16.1. The molecule has 0 unspecified atom stereocenters. The van der Waals surface area contributed by atoms with Gasteiger partial charge in [0.1, 0.15) is 5.75 Å². The third kappa shape index (κ3) is 4.51. The van der Waals surface area contributed by atoms with E-state index in [1.54, 1.807) is 7.11 Å². The summed E-state index contributed by atoms with van der Waals surface area (Å²) in [5, 5.41) is 4.64. The third-order valence-corrected chi connectivity index (χ3v) is 6.37. The van der Waals surface area contributed by atoms with Crippen LogP contribution >= 0.6 is 0 Å². The zero-order valence-electron chi connectivity index (χ0n) is 19.5. The normalized spacial score (nSPS) is 19.5. The molecule has 6 nitrogen and oxygen atoms in total. The van der Waals surface area contributed by atoms with E-state index in [2.05, 4.69) is 70.5 Å². The van der Waals surface area contributed by atoms with Crippen LogP contribution in [-0.2, 0) is 4.84 Å². The van der Waals surface area contributed by atoms with Crippen LogP contribution in [0.1, 0.15) is 47.8 Å². The Kier molecular flexibility index (Phi) is 5.90. The molecule has 33 heavy (non-hydrogen) atoms. The number of imidazole rings is 1. The number of aromatic nitrogens is 2. The van der Waals surface area contributed by atoms with Gasteiger partial charge in [-0.1, -0.05) is 41.1 Å². The second kappa shape index (κ2) is 9.14. The van der Waals surface area contributed by atoms with Gasteiger partial charge in [0.15, 0.2) is 11.9 Å². The minimum Gasteiger partial charge on any atom is -0.495 e. The molecule has 2 aliphatic heterocycles. The maximum absolute atomic E-state index is 6.06. The highest BCUT2D eigenvalue weighted by Gasteiger charge is 2.27. The summed E-state index contributed by atoms with van der Waals surface area (Å²) in [5.41, 5.74) is 6.68. The Balaban J connectivity index is 1.42. The molecule has 0 radical (unpaired) electrons. The molecule has 1 aromatic heterocycles. The number of methoxy groups -OCH3 is 1. The number of amidine groups is 1. The molecule has 3 aromatic rings. The van der Waals surface area contributed by atoms with E-state index in [9.17, 15) is 0 Å². The van der Waals surface area contributed by atoms with E-state index < -0.39 is 0 Å². The van der Waals surface area contributed by atoms with Gasteiger partial charge in [0.25, 0.3) is 0 Å². The summed E-state index contributed by atoms with van der Waals surface area (Å²) >= 11 is 0. The van der Waals surface area contributed by atoms with Gasteiger partial charge in [-0.05, 0) is 61.6 Å². The number of hydrogen-bond donors (Lipinski definition) is 0. The standard InChI is InChI=1S/C27H30N4O2/c1-19-6-9-22(10-7-19)25-12-14-30-13-4-5-23(27(30)29-33-25)15-21-8-11-24(26(16-21)32-3)31-17-20(2)28-18-31/h6-11,15-18,25H,4-5,12-14H2,1-3H3/b23-15+/t25-/m1/s1. The molecule has 3 heterocycles. The Morgan fingerprint density at radius 2 is 1.94 bits per heavy atom. The molecule has 170 valence electrons. The molecule has 0 spiro atoms. The van der Waals surface area contributed by atoms with Crippen LogP contribution in [0.2, 0.25) is 0 Å². The lowest BCUT2D eigenvalue weighted by molar-refractivity contribution is 0.0576. The first kappa shape index (κ1) is 21.3. The summed E-state index contributed by atoms with van der Waals surface area (Å²) in [6, 6.07) is 14.8. The zero-order chi connectivity index (χ0) is 22.8. The van der Waals surface area contributed by atoms with E-state index in [4.69, 9.17) is 9.57 Å². The van der Waals surface area contributed by atoms with Crippen molar-refractivity contribution in [2.24, 2.45) is 5.16 Å². The zero-order valence-corrected chi connectivity index (χ0v) is 19.5. The number of nitrogens with zero attached hydrogens (tertiary/aromatic N) is 4. The van der Waals surface area contributed by atoms with Crippen molar-refractivity contribution < 1.29 is 9.57 Å². The SMILES string of the molecule is COc1cc(/C=C2\CCCN3CC[C@H](c4ccc(C)cc4)ON=C23)ccc1-n1cnc(C)c1. The molecule has 0 amide bonds. The Morgan fingerprint density at radius 1 is 1.09 bits per heavy atom. The molecule has 5 rings (SSSR count). The van der Waals surface area contributed by atoms with Crippen molar-refractivity contribution in [3.8, 4) is 11.4 Å². The third-order valence-electron chi connectivity index (χ3n) is 6.37. The molecular formula is C27H30N4O2. The molecule has 2 aromatic carbocycles. The maximum atomic E-state index is 6.06. The topological polar surface area (TPSA) is 51.9 Å². The van der Waals surface area contributed by atoms with Crippen molar-refractivity contribution in [3.63, 3.8) is 0 Å². The summed E-state index contributed by atoms with van der Waals surface area (Å²) in [5.74, 6) is 1.78. The lowest BCUT2D eigenvalue weighted by atomic mass is 9.99. The van der Waals surface area contributed by atoms with Crippen LogP contribution in [0.5, 0.6) is 5.75 Å². The molecule has 2 aliphatic rings. The summed E-state index contributed by atoms with van der Waals surface area (Å²) in [6.07, 6.45) is 9.04. The van der Waals surface area contributed by atoms with Crippen LogP contribution in [0.4, 0.5) is 0 Å². The molecule has 0 N–H and O–H groups in total. The fourth-order valence-corrected chi connectivity index (χ4v) is 4.55. The van der Waals surface area contributed by atoms with Gasteiger partial charge in [-0.3, -0.25) is 0 Å². The number of piperidine rings is 1. The average molecular weight is 443 g/mol. The fraction of sp³-hybridized carbons (Fsp3) is 0.333. The highest BCUT2D eigenvalue weighted by molar-refractivity contribution is 6.02. The Bertz CT molecular complexity index is 1190. The monoisotopic (exact) mass is 442 g/mol. The van der Waals surface area contributed by atoms with Crippen LogP contribution in [0.15, 0.2) is 65.7 Å². The Hall–Kier alpha value is -3.54. The average Bonchev–Trinajstić information content (AvgIpc) is 3.14. The molecule has 0 bridgehead atoms. The minimum absolute atomic E-state index is 0.0111. The van der Waals surface area contributed by atoms with Gasteiger partial charge in [0, 0.05) is 25.7 Å². The van der Waals surface area contributed by atoms with Gasteiger partial charge in [0.2, 0.25) is 0 Å². The molecule has 1 saturated heterocycles. The number of oxime groups is 1. The van der Waals surface area contributed by atoms with Gasteiger partial charge in [-0.2, -0.15) is 0 Å². The van der Waals surface area contributed by atoms with Crippen LogP contribution in [-0.4, -0.2) is 40.5 Å². The molecular weight excluding hydrogens is 412 g/mol. The number of ether oxygens (including phenoxy) is 1. The number of aryl methyl sites for hydroxylation is 2. The van der Waals surface area contributed by atoms with Gasteiger partial charge in [0.05, 0.1) is 24.8 Å². The van der Waals surface area contributed by atoms with E-state index in [1.165, 1.54) is 16.7 Å². The van der Waals surface area contributed by atoms with Crippen LogP contribution in [0, 0.1) is 13.8 Å². The van der Waals surface area contributed by atoms with Crippen molar-refractivity contribution in [1.29, 1.82) is 0 Å². The van der Waals surface area contributed by atoms with E-state index in [0.29, 0.717) is 0 Å². The first-order valence-electron chi connectivity index (χ1n) is 11.6. The lowest BCUT2D eigenvalue weighted by Crippen LogP contribution is -2.37.